The maximum Gasteiger partial charge on any atom is 0.273 e. The minimum Gasteiger partial charge on any atom is -0.473 e. The van der Waals surface area contributed by atoms with Gasteiger partial charge in [0.15, 0.2) is 0 Å². The molecule has 1 N–H and O–H groups in total. The average Bonchev–Trinajstić information content (AvgIpc) is 2.86. The van der Waals surface area contributed by atoms with Crippen LogP contribution in [0.15, 0.2) is 6.20 Å². The molecule has 0 saturated carbocycles. The third kappa shape index (κ3) is 1.89. The van der Waals surface area contributed by atoms with E-state index in [1.54, 1.807) is 13.3 Å². The van der Waals surface area contributed by atoms with E-state index in [0.717, 1.165) is 17.7 Å². The first kappa shape index (κ1) is 9.89. The first-order valence-corrected chi connectivity index (χ1v) is 5.41. The second kappa shape index (κ2) is 4.25. The number of aliphatic hydroxyl groups is 1. The summed E-state index contributed by atoms with van der Waals surface area (Å²) in [6.07, 6.45) is 3.74. The lowest BCUT2D eigenvalue weighted by Crippen LogP contribution is -2.10. The lowest BCUT2D eigenvalue weighted by Gasteiger charge is -2.08. The summed E-state index contributed by atoms with van der Waals surface area (Å²) >= 11 is 1.50. The molecule has 2 atom stereocenters. The van der Waals surface area contributed by atoms with Crippen molar-refractivity contribution in [2.24, 2.45) is 0 Å². The predicted molar refractivity (Wildman–Crippen MR) is 52.6 cm³/mol. The molecule has 2 unspecified atom stereocenters. The van der Waals surface area contributed by atoms with Gasteiger partial charge in [-0.3, -0.25) is 0 Å². The van der Waals surface area contributed by atoms with Crippen LogP contribution in [-0.2, 0) is 4.74 Å². The number of thiazole rings is 1. The summed E-state index contributed by atoms with van der Waals surface area (Å²) < 4.78 is 10.6. The molecule has 78 valence electrons. The first-order chi connectivity index (χ1) is 6.83. The highest BCUT2D eigenvalue weighted by molar-refractivity contribution is 7.13. The molecule has 0 amide bonds. The third-order valence-corrected chi connectivity index (χ3v) is 3.36. The van der Waals surface area contributed by atoms with Gasteiger partial charge in [-0.25, -0.2) is 4.98 Å². The fourth-order valence-electron chi connectivity index (χ4n) is 1.56. The van der Waals surface area contributed by atoms with E-state index >= 15 is 0 Å². The number of nitrogens with zero attached hydrogens (tertiary/aromatic N) is 1. The van der Waals surface area contributed by atoms with Crippen LogP contribution in [0.3, 0.4) is 0 Å². The second-order valence-electron chi connectivity index (χ2n) is 3.24. The maximum atomic E-state index is 8.92. The Hall–Kier alpha value is -0.650. The number of rotatable bonds is 3. The molecule has 2 heterocycles. The lowest BCUT2D eigenvalue weighted by molar-refractivity contribution is 0.0124. The van der Waals surface area contributed by atoms with Crippen molar-refractivity contribution in [3.63, 3.8) is 0 Å². The van der Waals surface area contributed by atoms with Crippen LogP contribution < -0.4 is 4.74 Å². The predicted octanol–water partition coefficient (Wildman–Crippen LogP) is 1.36. The number of ether oxygens (including phenoxy) is 2. The highest BCUT2D eigenvalue weighted by atomic mass is 32.1. The standard InChI is InChI=1S/C9H13NO3S/c1-12-9-10-4-8(14-9)7-3-2-6(5-11)13-7/h4,6-7,11H,2-3,5H2,1H3. The van der Waals surface area contributed by atoms with E-state index < -0.39 is 0 Å². The summed E-state index contributed by atoms with van der Waals surface area (Å²) in [6, 6.07) is 0. The molecule has 1 aromatic heterocycles. The van der Waals surface area contributed by atoms with Gasteiger partial charge in [-0.15, -0.1) is 0 Å². The van der Waals surface area contributed by atoms with Crippen LogP contribution in [0.2, 0.25) is 0 Å². The SMILES string of the molecule is COc1ncc(C2CCC(CO)O2)s1. The topological polar surface area (TPSA) is 51.6 Å². The Bertz CT molecular complexity index is 302. The summed E-state index contributed by atoms with van der Waals surface area (Å²) in [5, 5.41) is 9.58. The van der Waals surface area contributed by atoms with Crippen LogP contribution in [0.1, 0.15) is 23.8 Å². The summed E-state index contributed by atoms with van der Waals surface area (Å²) in [4.78, 5) is 5.17. The van der Waals surface area contributed by atoms with Crippen LogP contribution in [0.25, 0.3) is 0 Å². The molecule has 14 heavy (non-hydrogen) atoms. The molecule has 0 aliphatic carbocycles. The Balaban J connectivity index is 2.02. The van der Waals surface area contributed by atoms with Crippen LogP contribution in [0, 0.1) is 0 Å². The Kier molecular flexibility index (Phi) is 3.00. The highest BCUT2D eigenvalue weighted by Gasteiger charge is 2.27. The van der Waals surface area contributed by atoms with Crippen molar-refractivity contribution in [2.75, 3.05) is 13.7 Å². The molecule has 1 aromatic rings. The monoisotopic (exact) mass is 215 g/mol. The highest BCUT2D eigenvalue weighted by Crippen LogP contribution is 2.36. The molecule has 5 heteroatoms. The van der Waals surface area contributed by atoms with E-state index in [1.165, 1.54) is 11.3 Å². The van der Waals surface area contributed by atoms with Crippen molar-refractivity contribution in [1.82, 2.24) is 4.98 Å². The number of aromatic nitrogens is 1. The molecule has 0 radical (unpaired) electrons. The smallest absolute Gasteiger partial charge is 0.273 e. The molecule has 1 aliphatic rings. The Morgan fingerprint density at radius 1 is 1.71 bits per heavy atom. The van der Waals surface area contributed by atoms with Gasteiger partial charge in [-0.05, 0) is 12.8 Å². The zero-order valence-corrected chi connectivity index (χ0v) is 8.79. The van der Waals surface area contributed by atoms with E-state index in [9.17, 15) is 0 Å². The second-order valence-corrected chi connectivity index (χ2v) is 4.26. The number of hydrogen-bond donors (Lipinski definition) is 1. The molecule has 1 aliphatic heterocycles. The molecular weight excluding hydrogens is 202 g/mol. The summed E-state index contributed by atoms with van der Waals surface area (Å²) in [7, 11) is 1.61. The van der Waals surface area contributed by atoms with E-state index in [-0.39, 0.29) is 18.8 Å². The van der Waals surface area contributed by atoms with Crippen LogP contribution in [0.4, 0.5) is 0 Å². The normalized spacial score (nSPS) is 26.7. The zero-order chi connectivity index (χ0) is 9.97. The molecule has 0 spiro atoms. The fraction of sp³-hybridized carbons (Fsp3) is 0.667. The summed E-state index contributed by atoms with van der Waals surface area (Å²) in [5.74, 6) is 0. The molecule has 1 saturated heterocycles. The Morgan fingerprint density at radius 2 is 2.57 bits per heavy atom. The van der Waals surface area contributed by atoms with Gasteiger partial charge in [-0.1, -0.05) is 11.3 Å². The van der Waals surface area contributed by atoms with E-state index in [4.69, 9.17) is 14.6 Å². The van der Waals surface area contributed by atoms with Gasteiger partial charge >= 0.3 is 0 Å². The molecule has 4 nitrogen and oxygen atoms in total. The number of hydrogen-bond acceptors (Lipinski definition) is 5. The average molecular weight is 215 g/mol. The molecular formula is C9H13NO3S. The Morgan fingerprint density at radius 3 is 3.14 bits per heavy atom. The maximum absolute atomic E-state index is 8.92. The summed E-state index contributed by atoms with van der Waals surface area (Å²) in [5.41, 5.74) is 0. The number of aliphatic hydroxyl groups excluding tert-OH is 1. The summed E-state index contributed by atoms with van der Waals surface area (Å²) in [6.45, 7) is 0.104. The van der Waals surface area contributed by atoms with Gasteiger partial charge in [0.1, 0.15) is 0 Å². The quantitative estimate of drug-likeness (QED) is 0.827. The van der Waals surface area contributed by atoms with Crippen molar-refractivity contribution >= 4 is 11.3 Å². The van der Waals surface area contributed by atoms with Crippen molar-refractivity contribution < 1.29 is 14.6 Å². The van der Waals surface area contributed by atoms with Crippen LogP contribution >= 0.6 is 11.3 Å². The zero-order valence-electron chi connectivity index (χ0n) is 7.97. The Labute approximate surface area is 86.5 Å². The van der Waals surface area contributed by atoms with Gasteiger partial charge in [0, 0.05) is 6.20 Å². The molecule has 2 rings (SSSR count). The van der Waals surface area contributed by atoms with E-state index in [0.29, 0.717) is 5.19 Å². The van der Waals surface area contributed by atoms with Crippen LogP contribution in [-0.4, -0.2) is 29.9 Å². The first-order valence-electron chi connectivity index (χ1n) is 4.59. The fourth-order valence-corrected chi connectivity index (χ4v) is 2.36. The lowest BCUT2D eigenvalue weighted by atomic mass is 10.2. The third-order valence-electron chi connectivity index (χ3n) is 2.31. The van der Waals surface area contributed by atoms with Crippen molar-refractivity contribution in [3.05, 3.63) is 11.1 Å². The minimum absolute atomic E-state index is 0.00639. The van der Waals surface area contributed by atoms with Crippen LogP contribution in [0.5, 0.6) is 5.19 Å². The van der Waals surface area contributed by atoms with Gasteiger partial charge < -0.3 is 14.6 Å². The molecule has 0 aromatic carbocycles. The van der Waals surface area contributed by atoms with Gasteiger partial charge in [-0.2, -0.15) is 0 Å². The van der Waals surface area contributed by atoms with Crippen molar-refractivity contribution in [1.29, 1.82) is 0 Å². The minimum atomic E-state index is -0.00639. The van der Waals surface area contributed by atoms with E-state index in [2.05, 4.69) is 4.98 Å². The molecule has 1 fully saturated rings. The van der Waals surface area contributed by atoms with Crippen molar-refractivity contribution in [3.8, 4) is 5.19 Å². The van der Waals surface area contributed by atoms with Crippen molar-refractivity contribution in [2.45, 2.75) is 25.0 Å². The molecule has 0 bridgehead atoms. The van der Waals surface area contributed by atoms with Gasteiger partial charge in [0.25, 0.3) is 5.19 Å². The largest absolute Gasteiger partial charge is 0.473 e. The van der Waals surface area contributed by atoms with Gasteiger partial charge in [0.2, 0.25) is 0 Å². The number of methoxy groups -OCH3 is 1. The van der Waals surface area contributed by atoms with E-state index in [1.807, 2.05) is 0 Å². The van der Waals surface area contributed by atoms with Gasteiger partial charge in [0.05, 0.1) is 30.8 Å².